The van der Waals surface area contributed by atoms with Gasteiger partial charge in [-0.05, 0) is 42.9 Å². The second-order valence-electron chi connectivity index (χ2n) is 5.93. The van der Waals surface area contributed by atoms with Gasteiger partial charge in [-0.15, -0.1) is 0 Å². The third-order valence-electron chi connectivity index (χ3n) is 3.99. The molecule has 0 spiro atoms. The fourth-order valence-corrected chi connectivity index (χ4v) is 2.43. The largest absolute Gasteiger partial charge is 0.504 e. The van der Waals surface area contributed by atoms with Gasteiger partial charge in [0.1, 0.15) is 0 Å². The molecule has 0 bridgehead atoms. The van der Waals surface area contributed by atoms with Gasteiger partial charge < -0.3 is 21.3 Å². The van der Waals surface area contributed by atoms with Crippen LogP contribution in [0, 0.1) is 5.92 Å². The first-order chi connectivity index (χ1) is 9.99. The topological polar surface area (TPSA) is 95.6 Å². The van der Waals surface area contributed by atoms with Gasteiger partial charge in [0.2, 0.25) is 5.91 Å². The van der Waals surface area contributed by atoms with Crippen molar-refractivity contribution in [3.05, 3.63) is 23.8 Å². The molecule has 1 unspecified atom stereocenters. The van der Waals surface area contributed by atoms with Crippen LogP contribution >= 0.6 is 0 Å². The van der Waals surface area contributed by atoms with Crippen molar-refractivity contribution >= 4 is 5.91 Å². The third kappa shape index (κ3) is 4.63. The molecule has 2 atom stereocenters. The SMILES string of the molecule is CCC(CC1CC1)NC(=O)[C@@H](N)Cc1ccc(O)c(O)c1. The molecule has 1 amide bonds. The van der Waals surface area contributed by atoms with E-state index in [1.165, 1.54) is 25.0 Å². The summed E-state index contributed by atoms with van der Waals surface area (Å²) in [4.78, 5) is 12.1. The van der Waals surface area contributed by atoms with Crippen molar-refractivity contribution in [1.82, 2.24) is 5.32 Å². The summed E-state index contributed by atoms with van der Waals surface area (Å²) in [6, 6.07) is 4.04. The Kier molecular flexibility index (Phi) is 5.07. The Morgan fingerprint density at radius 3 is 2.67 bits per heavy atom. The van der Waals surface area contributed by atoms with Crippen molar-refractivity contribution in [1.29, 1.82) is 0 Å². The summed E-state index contributed by atoms with van der Waals surface area (Å²) in [5.41, 5.74) is 6.66. The fraction of sp³-hybridized carbons (Fsp3) is 0.562. The molecule has 116 valence electrons. The molecule has 1 aliphatic carbocycles. The normalized spacial score (nSPS) is 17.2. The highest BCUT2D eigenvalue weighted by Gasteiger charge is 2.26. The minimum absolute atomic E-state index is 0.157. The van der Waals surface area contributed by atoms with Crippen molar-refractivity contribution in [2.24, 2.45) is 11.7 Å². The highest BCUT2D eigenvalue weighted by molar-refractivity contribution is 5.82. The van der Waals surface area contributed by atoms with Crippen LogP contribution < -0.4 is 11.1 Å². The molecule has 5 nitrogen and oxygen atoms in total. The van der Waals surface area contributed by atoms with Crippen LogP contribution in [0.25, 0.3) is 0 Å². The summed E-state index contributed by atoms with van der Waals surface area (Å²) >= 11 is 0. The van der Waals surface area contributed by atoms with Crippen LogP contribution in [-0.2, 0) is 11.2 Å². The van der Waals surface area contributed by atoms with E-state index in [1.807, 2.05) is 0 Å². The third-order valence-corrected chi connectivity index (χ3v) is 3.99. The van der Waals surface area contributed by atoms with Gasteiger partial charge >= 0.3 is 0 Å². The lowest BCUT2D eigenvalue weighted by atomic mass is 10.0. The summed E-state index contributed by atoms with van der Waals surface area (Å²) in [6.07, 6.45) is 4.82. The lowest BCUT2D eigenvalue weighted by Crippen LogP contribution is -2.46. The Labute approximate surface area is 125 Å². The number of aromatic hydroxyl groups is 2. The number of phenolic OH excluding ortho intramolecular Hbond substituents is 2. The molecular formula is C16H24N2O3. The van der Waals surface area contributed by atoms with Crippen molar-refractivity contribution < 1.29 is 15.0 Å². The van der Waals surface area contributed by atoms with Crippen LogP contribution in [-0.4, -0.2) is 28.2 Å². The van der Waals surface area contributed by atoms with Crippen molar-refractivity contribution in [3.63, 3.8) is 0 Å². The monoisotopic (exact) mass is 292 g/mol. The maximum Gasteiger partial charge on any atom is 0.237 e. The lowest BCUT2D eigenvalue weighted by molar-refractivity contribution is -0.123. The number of carbonyl (C=O) groups is 1. The van der Waals surface area contributed by atoms with Crippen LogP contribution in [0.3, 0.4) is 0 Å². The number of carbonyl (C=O) groups excluding carboxylic acids is 1. The summed E-state index contributed by atoms with van der Waals surface area (Å²) in [5.74, 6) is 0.239. The Morgan fingerprint density at radius 2 is 2.10 bits per heavy atom. The van der Waals surface area contributed by atoms with E-state index in [4.69, 9.17) is 5.73 Å². The van der Waals surface area contributed by atoms with Gasteiger partial charge in [0.05, 0.1) is 6.04 Å². The van der Waals surface area contributed by atoms with Crippen LogP contribution in [0.15, 0.2) is 18.2 Å². The van der Waals surface area contributed by atoms with Crippen molar-refractivity contribution in [2.45, 2.75) is 51.1 Å². The zero-order chi connectivity index (χ0) is 15.4. The number of hydrogen-bond acceptors (Lipinski definition) is 4. The number of rotatable bonds is 7. The standard InChI is InChI=1S/C16H24N2O3/c1-2-12(7-10-3-4-10)18-16(21)13(17)8-11-5-6-14(19)15(20)9-11/h5-6,9-10,12-13,19-20H,2-4,7-8,17H2,1H3,(H,18,21)/t12?,13-/m0/s1. The Morgan fingerprint density at radius 1 is 1.38 bits per heavy atom. The van der Waals surface area contributed by atoms with Gasteiger partial charge in [0.25, 0.3) is 0 Å². The van der Waals surface area contributed by atoms with E-state index in [0.717, 1.165) is 24.3 Å². The molecule has 1 fully saturated rings. The molecule has 5 N–H and O–H groups in total. The Bertz CT molecular complexity index is 500. The molecule has 1 saturated carbocycles. The van der Waals surface area contributed by atoms with Gasteiger partial charge in [-0.25, -0.2) is 0 Å². The van der Waals surface area contributed by atoms with Gasteiger partial charge in [-0.1, -0.05) is 25.8 Å². The molecule has 1 aliphatic rings. The van der Waals surface area contributed by atoms with Crippen molar-refractivity contribution in [3.8, 4) is 11.5 Å². The van der Waals surface area contributed by atoms with E-state index in [9.17, 15) is 15.0 Å². The summed E-state index contributed by atoms with van der Waals surface area (Å²) in [6.45, 7) is 2.07. The number of nitrogens with two attached hydrogens (primary N) is 1. The van der Waals surface area contributed by atoms with Crippen LogP contribution in [0.4, 0.5) is 0 Å². The molecule has 0 saturated heterocycles. The van der Waals surface area contributed by atoms with Crippen molar-refractivity contribution in [2.75, 3.05) is 0 Å². The van der Waals surface area contributed by atoms with Crippen LogP contribution in [0.5, 0.6) is 11.5 Å². The molecule has 0 aliphatic heterocycles. The molecule has 1 aromatic carbocycles. The number of phenols is 2. The minimum Gasteiger partial charge on any atom is -0.504 e. The molecule has 0 radical (unpaired) electrons. The highest BCUT2D eigenvalue weighted by Crippen LogP contribution is 2.34. The summed E-state index contributed by atoms with van der Waals surface area (Å²) in [5, 5.41) is 21.7. The number of benzene rings is 1. The summed E-state index contributed by atoms with van der Waals surface area (Å²) < 4.78 is 0. The zero-order valence-corrected chi connectivity index (χ0v) is 12.4. The second kappa shape index (κ2) is 6.80. The van der Waals surface area contributed by atoms with Crippen LogP contribution in [0.1, 0.15) is 38.2 Å². The van der Waals surface area contributed by atoms with Gasteiger partial charge in [0.15, 0.2) is 11.5 Å². The lowest BCUT2D eigenvalue weighted by Gasteiger charge is -2.20. The Hall–Kier alpha value is -1.75. The van der Waals surface area contributed by atoms with Crippen LogP contribution in [0.2, 0.25) is 0 Å². The Balaban J connectivity index is 1.87. The van der Waals surface area contributed by atoms with Gasteiger partial charge in [0, 0.05) is 6.04 Å². The van der Waals surface area contributed by atoms with Gasteiger partial charge in [-0.2, -0.15) is 0 Å². The van der Waals surface area contributed by atoms with E-state index in [1.54, 1.807) is 6.07 Å². The predicted molar refractivity (Wildman–Crippen MR) is 81.0 cm³/mol. The molecule has 2 rings (SSSR count). The van der Waals surface area contributed by atoms with Gasteiger partial charge in [-0.3, -0.25) is 4.79 Å². The van der Waals surface area contributed by atoms with E-state index >= 15 is 0 Å². The predicted octanol–water partition coefficient (Wildman–Crippen LogP) is 1.66. The maximum atomic E-state index is 12.1. The summed E-state index contributed by atoms with van der Waals surface area (Å²) in [7, 11) is 0. The minimum atomic E-state index is -0.651. The van der Waals surface area contributed by atoms with E-state index in [2.05, 4.69) is 12.2 Å². The quantitative estimate of drug-likeness (QED) is 0.575. The smallest absolute Gasteiger partial charge is 0.237 e. The fourth-order valence-electron chi connectivity index (χ4n) is 2.43. The maximum absolute atomic E-state index is 12.1. The molecule has 1 aromatic rings. The molecular weight excluding hydrogens is 268 g/mol. The first-order valence-corrected chi connectivity index (χ1v) is 7.56. The molecule has 0 heterocycles. The number of amides is 1. The average molecular weight is 292 g/mol. The van der Waals surface area contributed by atoms with E-state index < -0.39 is 6.04 Å². The average Bonchev–Trinajstić information content (AvgIpc) is 3.26. The number of hydrogen-bond donors (Lipinski definition) is 4. The molecule has 21 heavy (non-hydrogen) atoms. The molecule has 0 aromatic heterocycles. The highest BCUT2D eigenvalue weighted by atomic mass is 16.3. The zero-order valence-electron chi connectivity index (χ0n) is 12.4. The molecule has 5 heteroatoms. The van der Waals surface area contributed by atoms with E-state index in [-0.39, 0.29) is 23.4 Å². The van der Waals surface area contributed by atoms with E-state index in [0.29, 0.717) is 6.42 Å². The number of nitrogens with one attached hydrogen (secondary N) is 1. The second-order valence-corrected chi connectivity index (χ2v) is 5.93. The first-order valence-electron chi connectivity index (χ1n) is 7.56. The first kappa shape index (κ1) is 15.6.